The third-order valence-electron chi connectivity index (χ3n) is 13.9. The fourth-order valence-electron chi connectivity index (χ4n) is 10.1. The van der Waals surface area contributed by atoms with Crippen molar-refractivity contribution < 1.29 is 4.74 Å². The Morgan fingerprint density at radius 1 is 0.449 bits per heavy atom. The summed E-state index contributed by atoms with van der Waals surface area (Å²) in [5.74, 6) is 3.80. The minimum absolute atomic E-state index is 0.0984. The van der Waals surface area contributed by atoms with E-state index in [0.29, 0.717) is 11.7 Å². The van der Waals surface area contributed by atoms with Crippen LogP contribution < -0.4 is 4.74 Å². The molecule has 3 unspecified atom stereocenters. The highest BCUT2D eigenvalue weighted by Crippen LogP contribution is 2.56. The first-order valence-corrected chi connectivity index (χ1v) is 23.8. The van der Waals surface area contributed by atoms with E-state index in [0.717, 1.165) is 102 Å². The zero-order valence-corrected chi connectivity index (χ0v) is 38.5. The molecule has 7 aromatic carbocycles. The third-order valence-corrected chi connectivity index (χ3v) is 13.9. The van der Waals surface area contributed by atoms with Crippen LogP contribution in [0.25, 0.3) is 89.8 Å². The number of ether oxygens (including phenoxy) is 1. The van der Waals surface area contributed by atoms with Gasteiger partial charge in [-0.3, -0.25) is 0 Å². The van der Waals surface area contributed by atoms with Crippen LogP contribution in [0.2, 0.25) is 0 Å². The van der Waals surface area contributed by atoms with Crippen LogP contribution in [-0.2, 0) is 5.41 Å². The summed E-state index contributed by atoms with van der Waals surface area (Å²) in [7, 11) is 0. The number of aromatic nitrogens is 4. The lowest BCUT2D eigenvalue weighted by Gasteiger charge is -2.27. The Kier molecular flexibility index (Phi) is 10.7. The molecule has 3 aliphatic rings. The molecule has 12 rings (SSSR count). The fourth-order valence-corrected chi connectivity index (χ4v) is 10.1. The molecule has 0 saturated carbocycles. The van der Waals surface area contributed by atoms with Crippen molar-refractivity contribution in [3.8, 4) is 95.5 Å². The molecule has 0 spiro atoms. The molecule has 9 aromatic rings. The van der Waals surface area contributed by atoms with Crippen LogP contribution in [0.4, 0.5) is 0 Å². The molecule has 330 valence electrons. The lowest BCUT2D eigenvalue weighted by atomic mass is 9.73. The number of benzene rings is 7. The fraction of sp³-hybridized carbons (Fsp3) is 0.0938. The molecule has 5 heteroatoms. The van der Waals surface area contributed by atoms with E-state index in [1.54, 1.807) is 0 Å². The van der Waals surface area contributed by atoms with Gasteiger partial charge in [0.15, 0.2) is 5.82 Å². The summed E-state index contributed by atoms with van der Waals surface area (Å²) < 4.78 is 6.93. The molecular weight excluding hydrogens is 841 g/mol. The predicted molar refractivity (Wildman–Crippen MR) is 281 cm³/mol. The molecule has 0 N–H and O–H groups in total. The zero-order chi connectivity index (χ0) is 46.3. The first-order valence-electron chi connectivity index (χ1n) is 23.8. The Balaban J connectivity index is 0.906. The predicted octanol–water partition coefficient (Wildman–Crippen LogP) is 15.9. The highest BCUT2D eigenvalue weighted by molar-refractivity contribution is 5.86. The Morgan fingerprint density at radius 2 is 0.957 bits per heavy atom. The van der Waals surface area contributed by atoms with Gasteiger partial charge in [0.2, 0.25) is 0 Å². The van der Waals surface area contributed by atoms with Crippen molar-refractivity contribution in [2.75, 3.05) is 0 Å². The summed E-state index contributed by atoms with van der Waals surface area (Å²) in [6, 6.07) is 66.0. The number of hydrogen-bond donors (Lipinski definition) is 0. The average molecular weight is 889 g/mol. The van der Waals surface area contributed by atoms with Gasteiger partial charge in [-0.2, -0.15) is 0 Å². The maximum Gasteiger partial charge on any atom is 0.160 e. The van der Waals surface area contributed by atoms with Gasteiger partial charge in [-0.1, -0.05) is 207 Å². The summed E-state index contributed by atoms with van der Waals surface area (Å²) >= 11 is 0. The molecule has 2 aliphatic carbocycles. The van der Waals surface area contributed by atoms with Crippen molar-refractivity contribution >= 4 is 0 Å². The van der Waals surface area contributed by atoms with Crippen LogP contribution in [-0.4, -0.2) is 19.9 Å². The maximum absolute atomic E-state index is 6.93. The molecule has 0 radical (unpaired) electrons. The summed E-state index contributed by atoms with van der Waals surface area (Å²) in [5.41, 5.74) is 16.3. The second-order valence-corrected chi connectivity index (χ2v) is 18.4. The second-order valence-electron chi connectivity index (χ2n) is 18.4. The lowest BCUT2D eigenvalue weighted by Crippen LogP contribution is -2.23. The molecule has 0 bridgehead atoms. The molecule has 0 saturated heterocycles. The van der Waals surface area contributed by atoms with Gasteiger partial charge in [-0.15, -0.1) is 0 Å². The zero-order valence-electron chi connectivity index (χ0n) is 38.5. The van der Waals surface area contributed by atoms with Gasteiger partial charge in [0.25, 0.3) is 0 Å². The largest absolute Gasteiger partial charge is 0.460 e. The quantitative estimate of drug-likeness (QED) is 0.144. The van der Waals surface area contributed by atoms with Gasteiger partial charge in [0.05, 0.1) is 28.2 Å². The van der Waals surface area contributed by atoms with E-state index in [-0.39, 0.29) is 11.3 Å². The topological polar surface area (TPSA) is 60.8 Å². The van der Waals surface area contributed by atoms with E-state index in [1.807, 2.05) is 30.3 Å². The second kappa shape index (κ2) is 17.6. The van der Waals surface area contributed by atoms with E-state index in [9.17, 15) is 0 Å². The highest BCUT2D eigenvalue weighted by atomic mass is 16.5. The summed E-state index contributed by atoms with van der Waals surface area (Å²) in [6.07, 6.45) is 16.0. The Bertz CT molecular complexity index is 3500. The maximum atomic E-state index is 6.93. The van der Waals surface area contributed by atoms with E-state index < -0.39 is 0 Å². The Labute approximate surface area is 403 Å². The molecule has 3 atom stereocenters. The number of fused-ring (bicyclic) bond motifs is 3. The van der Waals surface area contributed by atoms with Crippen molar-refractivity contribution in [2.24, 2.45) is 5.92 Å². The van der Waals surface area contributed by atoms with Crippen molar-refractivity contribution in [3.63, 3.8) is 0 Å². The molecule has 5 nitrogen and oxygen atoms in total. The van der Waals surface area contributed by atoms with Crippen LogP contribution in [0.1, 0.15) is 37.6 Å². The van der Waals surface area contributed by atoms with Gasteiger partial charge in [-0.05, 0) is 77.4 Å². The number of rotatable bonds is 9. The van der Waals surface area contributed by atoms with E-state index in [2.05, 4.69) is 214 Å². The molecule has 1 aliphatic heterocycles. The number of allylic oxidation sites excluding steroid dienone is 8. The van der Waals surface area contributed by atoms with Crippen LogP contribution in [0.5, 0.6) is 5.75 Å². The smallest absolute Gasteiger partial charge is 0.160 e. The van der Waals surface area contributed by atoms with Gasteiger partial charge >= 0.3 is 0 Å². The standard InChI is InChI=1S/C64H48N4O/c1-42-17-12-13-26-52(42)63-67-55(46-20-8-4-9-21-46)40-57(68-63)48-34-30-45(31-35-48)54-37-36-53(60-61(54)69-59-27-14-15-38-64(59,60)2)44-28-32-47(33-29-44)56-41-58(66-62(65-56)49-22-10-5-11-23-49)51-25-16-24-50(39-51)43-18-6-3-7-19-43/h3-37,39-42,52H,38H2,1-2H3. The van der Waals surface area contributed by atoms with Crippen molar-refractivity contribution in [1.29, 1.82) is 0 Å². The van der Waals surface area contributed by atoms with Crippen molar-refractivity contribution in [3.05, 3.63) is 248 Å². The van der Waals surface area contributed by atoms with E-state index in [4.69, 9.17) is 24.7 Å². The SMILES string of the molecule is CC1C=CC=CC1c1nc(-c2ccccc2)cc(-c2ccc(-c3ccc(-c4ccc(-c5cc(-c6cccc(-c7ccccc7)c6)nc(-c6ccccc6)n5)cc4)c4c3OC3=CC=CCC34C)cc2)n1. The first kappa shape index (κ1) is 41.9. The molecule has 2 aromatic heterocycles. The monoisotopic (exact) mass is 888 g/mol. The minimum atomic E-state index is -0.320. The summed E-state index contributed by atoms with van der Waals surface area (Å²) in [5, 5.41) is 0. The highest BCUT2D eigenvalue weighted by Gasteiger charge is 2.44. The van der Waals surface area contributed by atoms with Gasteiger partial charge in [0, 0.05) is 44.9 Å². The molecule has 0 amide bonds. The molecule has 69 heavy (non-hydrogen) atoms. The molecule has 3 heterocycles. The van der Waals surface area contributed by atoms with Crippen LogP contribution in [0, 0.1) is 5.92 Å². The molecular formula is C64H48N4O. The van der Waals surface area contributed by atoms with Crippen molar-refractivity contribution in [2.45, 2.75) is 31.6 Å². The van der Waals surface area contributed by atoms with Crippen LogP contribution in [0.3, 0.4) is 0 Å². The first-order chi connectivity index (χ1) is 33.9. The normalized spacial score (nSPS) is 17.7. The van der Waals surface area contributed by atoms with Crippen LogP contribution in [0.15, 0.2) is 236 Å². The number of hydrogen-bond acceptors (Lipinski definition) is 5. The summed E-state index contributed by atoms with van der Waals surface area (Å²) in [6.45, 7) is 4.54. The number of nitrogens with zero attached hydrogens (tertiary/aromatic N) is 4. The van der Waals surface area contributed by atoms with Crippen LogP contribution >= 0.6 is 0 Å². The van der Waals surface area contributed by atoms with Gasteiger partial charge in [0.1, 0.15) is 17.3 Å². The third kappa shape index (κ3) is 7.92. The van der Waals surface area contributed by atoms with Crippen molar-refractivity contribution in [1.82, 2.24) is 19.9 Å². The average Bonchev–Trinajstić information content (AvgIpc) is 3.74. The Hall–Kier alpha value is -8.54. The molecule has 0 fully saturated rings. The van der Waals surface area contributed by atoms with E-state index >= 15 is 0 Å². The van der Waals surface area contributed by atoms with E-state index in [1.165, 1.54) is 11.1 Å². The Morgan fingerprint density at radius 3 is 1.61 bits per heavy atom. The minimum Gasteiger partial charge on any atom is -0.460 e. The van der Waals surface area contributed by atoms with Gasteiger partial charge < -0.3 is 4.74 Å². The summed E-state index contributed by atoms with van der Waals surface area (Å²) in [4.78, 5) is 20.6. The van der Waals surface area contributed by atoms with Gasteiger partial charge in [-0.25, -0.2) is 19.9 Å². The lowest BCUT2D eigenvalue weighted by molar-refractivity contribution is 0.378.